The Balaban J connectivity index is 1.54. The van der Waals surface area contributed by atoms with Gasteiger partial charge in [0.25, 0.3) is 0 Å². The highest BCUT2D eigenvalue weighted by Crippen LogP contribution is 2.41. The van der Waals surface area contributed by atoms with Gasteiger partial charge in [0, 0.05) is 17.6 Å². The summed E-state index contributed by atoms with van der Waals surface area (Å²) in [4.78, 5) is 16.6. The Hall–Kier alpha value is -1.10. The first kappa shape index (κ1) is 13.9. The fourth-order valence-corrected chi connectivity index (χ4v) is 3.91. The first-order valence-electron chi connectivity index (χ1n) is 7.69. The maximum atomic E-state index is 12.2. The van der Waals surface area contributed by atoms with E-state index in [2.05, 4.69) is 22.5 Å². The zero-order valence-electron chi connectivity index (χ0n) is 12.0. The van der Waals surface area contributed by atoms with E-state index < -0.39 is 0 Å². The Morgan fingerprint density at radius 1 is 1.40 bits per heavy atom. The van der Waals surface area contributed by atoms with E-state index in [4.69, 9.17) is 0 Å². The molecular weight excluding hydrogens is 270 g/mol. The number of carbonyl (C=O) groups is 1. The Bertz CT molecular complexity index is 444. The quantitative estimate of drug-likeness (QED) is 0.893. The standard InChI is InChI=1S/C15H23N3OS/c1-10-3-2-4-12(9-10)17-15(19)18-13(11-5-6-11)14-16-7-8-20-14/h7-8,10-13H,2-6,9H2,1H3,(H2,17,18,19)/t10-,12-,13-/m1/s1. The van der Waals surface area contributed by atoms with Crippen molar-refractivity contribution in [3.63, 3.8) is 0 Å². The molecule has 1 aromatic rings. The summed E-state index contributed by atoms with van der Waals surface area (Å²) in [5.41, 5.74) is 0. The number of carbonyl (C=O) groups excluding carboxylic acids is 1. The Labute approximate surface area is 124 Å². The normalized spacial score (nSPS) is 27.9. The van der Waals surface area contributed by atoms with Crippen LogP contribution in [-0.2, 0) is 0 Å². The molecule has 0 aliphatic heterocycles. The monoisotopic (exact) mass is 293 g/mol. The van der Waals surface area contributed by atoms with Crippen molar-refractivity contribution in [2.75, 3.05) is 0 Å². The minimum absolute atomic E-state index is 0.0174. The average molecular weight is 293 g/mol. The summed E-state index contributed by atoms with van der Waals surface area (Å²) in [6.45, 7) is 2.27. The minimum Gasteiger partial charge on any atom is -0.335 e. The van der Waals surface area contributed by atoms with Crippen LogP contribution in [0.4, 0.5) is 4.79 Å². The van der Waals surface area contributed by atoms with E-state index >= 15 is 0 Å². The number of hydrogen-bond acceptors (Lipinski definition) is 3. The summed E-state index contributed by atoms with van der Waals surface area (Å²) in [7, 11) is 0. The largest absolute Gasteiger partial charge is 0.335 e. The summed E-state index contributed by atoms with van der Waals surface area (Å²) < 4.78 is 0. The third kappa shape index (κ3) is 3.51. The van der Waals surface area contributed by atoms with Gasteiger partial charge in [-0.15, -0.1) is 11.3 Å². The number of aromatic nitrogens is 1. The second-order valence-corrected chi connectivity index (χ2v) is 7.20. The van der Waals surface area contributed by atoms with E-state index in [9.17, 15) is 4.79 Å². The van der Waals surface area contributed by atoms with Gasteiger partial charge in [0.1, 0.15) is 5.01 Å². The van der Waals surface area contributed by atoms with Gasteiger partial charge in [-0.2, -0.15) is 0 Å². The number of amides is 2. The zero-order valence-corrected chi connectivity index (χ0v) is 12.8. The van der Waals surface area contributed by atoms with Gasteiger partial charge in [0.05, 0.1) is 6.04 Å². The topological polar surface area (TPSA) is 54.0 Å². The van der Waals surface area contributed by atoms with Crippen molar-refractivity contribution in [1.29, 1.82) is 0 Å². The van der Waals surface area contributed by atoms with E-state index in [0.29, 0.717) is 12.0 Å². The molecule has 1 aromatic heterocycles. The van der Waals surface area contributed by atoms with Crippen molar-refractivity contribution < 1.29 is 4.79 Å². The number of thiazole rings is 1. The van der Waals surface area contributed by atoms with Crippen LogP contribution in [0.15, 0.2) is 11.6 Å². The van der Waals surface area contributed by atoms with Crippen LogP contribution in [0.2, 0.25) is 0 Å². The highest BCUT2D eigenvalue weighted by atomic mass is 32.1. The van der Waals surface area contributed by atoms with Crippen LogP contribution in [0, 0.1) is 11.8 Å². The molecular formula is C15H23N3OS. The number of nitrogens with one attached hydrogen (secondary N) is 2. The summed E-state index contributed by atoms with van der Waals surface area (Å²) >= 11 is 1.63. The van der Waals surface area contributed by atoms with Crippen LogP contribution in [0.25, 0.3) is 0 Å². The van der Waals surface area contributed by atoms with Crippen LogP contribution in [0.1, 0.15) is 56.5 Å². The second kappa shape index (κ2) is 6.12. The van der Waals surface area contributed by atoms with Crippen molar-refractivity contribution in [2.45, 2.75) is 57.5 Å². The van der Waals surface area contributed by atoms with Crippen LogP contribution in [0.3, 0.4) is 0 Å². The maximum absolute atomic E-state index is 12.2. The third-order valence-corrected chi connectivity index (χ3v) is 5.23. The molecule has 2 N–H and O–H groups in total. The SMILES string of the molecule is C[C@@H]1CCC[C@@H](NC(=O)N[C@@H](c2nccs2)C2CC2)C1. The van der Waals surface area contributed by atoms with Crippen LogP contribution in [0.5, 0.6) is 0 Å². The fraction of sp³-hybridized carbons (Fsp3) is 0.733. The maximum Gasteiger partial charge on any atom is 0.315 e. The van der Waals surface area contributed by atoms with Gasteiger partial charge in [-0.1, -0.05) is 19.8 Å². The van der Waals surface area contributed by atoms with E-state index in [1.54, 1.807) is 11.3 Å². The van der Waals surface area contributed by atoms with Gasteiger partial charge < -0.3 is 10.6 Å². The molecule has 0 saturated heterocycles. The highest BCUT2D eigenvalue weighted by Gasteiger charge is 2.35. The van der Waals surface area contributed by atoms with Crippen LogP contribution in [-0.4, -0.2) is 17.1 Å². The molecule has 5 heteroatoms. The molecule has 3 rings (SSSR count). The number of rotatable bonds is 4. The molecule has 2 fully saturated rings. The fourth-order valence-electron chi connectivity index (χ4n) is 3.13. The molecule has 2 aliphatic carbocycles. The van der Waals surface area contributed by atoms with Crippen molar-refractivity contribution >= 4 is 17.4 Å². The molecule has 1 heterocycles. The number of nitrogens with zero attached hydrogens (tertiary/aromatic N) is 1. The lowest BCUT2D eigenvalue weighted by Gasteiger charge is -2.28. The van der Waals surface area contributed by atoms with Crippen molar-refractivity contribution in [1.82, 2.24) is 15.6 Å². The first-order chi connectivity index (χ1) is 9.72. The van der Waals surface area contributed by atoms with E-state index in [1.807, 2.05) is 11.6 Å². The van der Waals surface area contributed by atoms with Gasteiger partial charge in [-0.05, 0) is 37.5 Å². The molecule has 4 nitrogen and oxygen atoms in total. The van der Waals surface area contributed by atoms with Crippen molar-refractivity contribution in [3.05, 3.63) is 16.6 Å². The summed E-state index contributed by atoms with van der Waals surface area (Å²) in [5.74, 6) is 1.31. The number of hydrogen-bond donors (Lipinski definition) is 2. The van der Waals surface area contributed by atoms with Crippen LogP contribution < -0.4 is 10.6 Å². The molecule has 3 atom stereocenters. The van der Waals surface area contributed by atoms with Gasteiger partial charge in [0.2, 0.25) is 0 Å². The summed E-state index contributed by atoms with van der Waals surface area (Å²) in [5, 5.41) is 9.31. The first-order valence-corrected chi connectivity index (χ1v) is 8.56. The third-order valence-electron chi connectivity index (χ3n) is 4.37. The molecule has 2 aliphatic rings. The van der Waals surface area contributed by atoms with E-state index in [-0.39, 0.29) is 12.1 Å². The van der Waals surface area contributed by atoms with Gasteiger partial charge in [-0.3, -0.25) is 0 Å². The predicted octanol–water partition coefficient (Wildman–Crippen LogP) is 3.47. The summed E-state index contributed by atoms with van der Waals surface area (Å²) in [6.07, 6.45) is 8.96. The second-order valence-electron chi connectivity index (χ2n) is 6.27. The minimum atomic E-state index is -0.0174. The molecule has 0 radical (unpaired) electrons. The smallest absolute Gasteiger partial charge is 0.315 e. The lowest BCUT2D eigenvalue weighted by atomic mass is 9.87. The summed E-state index contributed by atoms with van der Waals surface area (Å²) in [6, 6.07) is 0.433. The molecule has 2 amide bonds. The van der Waals surface area contributed by atoms with Gasteiger partial charge in [0.15, 0.2) is 0 Å². The van der Waals surface area contributed by atoms with E-state index in [1.165, 1.54) is 25.7 Å². The van der Waals surface area contributed by atoms with Crippen molar-refractivity contribution in [2.24, 2.45) is 11.8 Å². The Morgan fingerprint density at radius 3 is 2.90 bits per heavy atom. The van der Waals surface area contributed by atoms with Gasteiger partial charge in [-0.25, -0.2) is 9.78 Å². The predicted molar refractivity (Wildman–Crippen MR) is 80.7 cm³/mol. The average Bonchev–Trinajstić information content (AvgIpc) is 3.10. The lowest BCUT2D eigenvalue weighted by Crippen LogP contribution is -2.45. The molecule has 0 spiro atoms. The molecule has 0 aromatic carbocycles. The molecule has 0 unspecified atom stereocenters. The highest BCUT2D eigenvalue weighted by molar-refractivity contribution is 7.09. The Morgan fingerprint density at radius 2 is 2.25 bits per heavy atom. The van der Waals surface area contributed by atoms with E-state index in [0.717, 1.165) is 23.8 Å². The van der Waals surface area contributed by atoms with Crippen molar-refractivity contribution in [3.8, 4) is 0 Å². The molecule has 110 valence electrons. The zero-order chi connectivity index (χ0) is 13.9. The van der Waals surface area contributed by atoms with Gasteiger partial charge >= 0.3 is 6.03 Å². The molecule has 0 bridgehead atoms. The van der Waals surface area contributed by atoms with Crippen LogP contribution >= 0.6 is 11.3 Å². The molecule has 20 heavy (non-hydrogen) atoms. The number of urea groups is 1. The molecule has 2 saturated carbocycles. The lowest BCUT2D eigenvalue weighted by molar-refractivity contribution is 0.222. The Kier molecular flexibility index (Phi) is 4.24.